The third-order valence-electron chi connectivity index (χ3n) is 1.21. The van der Waals surface area contributed by atoms with E-state index in [2.05, 4.69) is 21.3 Å². The molecule has 2 aromatic rings. The van der Waals surface area contributed by atoms with Crippen molar-refractivity contribution in [2.24, 2.45) is 0 Å². The molecule has 0 aliphatic heterocycles. The standard InChI is InChI=1S/C6H5N4S/c1-11-6-8-5-7-3-2-4-10(5)9-6/h2-3H,1H3. The van der Waals surface area contributed by atoms with Crippen LogP contribution in [0.3, 0.4) is 0 Å². The van der Waals surface area contributed by atoms with Gasteiger partial charge in [-0.3, -0.25) is 0 Å². The molecule has 0 unspecified atom stereocenters. The van der Waals surface area contributed by atoms with Gasteiger partial charge in [0.2, 0.25) is 5.16 Å². The second kappa shape index (κ2) is 2.50. The maximum absolute atomic E-state index is 4.10. The van der Waals surface area contributed by atoms with E-state index in [1.165, 1.54) is 16.3 Å². The highest BCUT2D eigenvalue weighted by Crippen LogP contribution is 2.07. The predicted molar refractivity (Wildman–Crippen MR) is 41.4 cm³/mol. The van der Waals surface area contributed by atoms with Gasteiger partial charge in [-0.15, -0.1) is 5.10 Å². The van der Waals surface area contributed by atoms with Gasteiger partial charge in [-0.1, -0.05) is 11.8 Å². The number of aromatic nitrogens is 4. The van der Waals surface area contributed by atoms with E-state index in [9.17, 15) is 0 Å². The third kappa shape index (κ3) is 1.07. The molecule has 0 aromatic carbocycles. The van der Waals surface area contributed by atoms with Crippen LogP contribution in [0.5, 0.6) is 0 Å². The van der Waals surface area contributed by atoms with E-state index in [1.54, 1.807) is 12.3 Å². The van der Waals surface area contributed by atoms with Gasteiger partial charge in [-0.2, -0.15) is 9.50 Å². The average Bonchev–Trinajstić information content (AvgIpc) is 2.46. The Bertz CT molecular complexity index is 336. The molecule has 0 aliphatic carbocycles. The molecule has 2 aromatic heterocycles. The van der Waals surface area contributed by atoms with Gasteiger partial charge in [-0.05, 0) is 12.3 Å². The van der Waals surface area contributed by atoms with Crippen LogP contribution < -0.4 is 0 Å². The first-order valence-electron chi connectivity index (χ1n) is 3.03. The van der Waals surface area contributed by atoms with Crippen molar-refractivity contribution < 1.29 is 0 Å². The Balaban J connectivity index is 2.69. The summed E-state index contributed by atoms with van der Waals surface area (Å²) in [5.74, 6) is 0.594. The summed E-state index contributed by atoms with van der Waals surface area (Å²) in [4.78, 5) is 8.10. The van der Waals surface area contributed by atoms with Crippen molar-refractivity contribution in [3.05, 3.63) is 18.5 Å². The van der Waals surface area contributed by atoms with Crippen LogP contribution in [0.2, 0.25) is 0 Å². The van der Waals surface area contributed by atoms with Crippen molar-refractivity contribution in [2.45, 2.75) is 5.16 Å². The lowest BCUT2D eigenvalue weighted by Crippen LogP contribution is -1.87. The predicted octanol–water partition coefficient (Wildman–Crippen LogP) is 0.646. The fraction of sp³-hybridized carbons (Fsp3) is 0.167. The van der Waals surface area contributed by atoms with Crippen LogP contribution in [-0.2, 0) is 0 Å². The normalized spacial score (nSPS) is 10.6. The van der Waals surface area contributed by atoms with Crippen molar-refractivity contribution in [3.63, 3.8) is 0 Å². The van der Waals surface area contributed by atoms with Crippen molar-refractivity contribution in [1.29, 1.82) is 0 Å². The third-order valence-corrected chi connectivity index (χ3v) is 1.75. The van der Waals surface area contributed by atoms with Crippen LogP contribution in [0.1, 0.15) is 0 Å². The van der Waals surface area contributed by atoms with E-state index < -0.39 is 0 Å². The minimum atomic E-state index is 0.594. The first-order chi connectivity index (χ1) is 5.40. The van der Waals surface area contributed by atoms with Crippen molar-refractivity contribution >= 4 is 17.5 Å². The summed E-state index contributed by atoms with van der Waals surface area (Å²) < 4.78 is 1.53. The molecule has 5 heteroatoms. The van der Waals surface area contributed by atoms with E-state index in [4.69, 9.17) is 0 Å². The Morgan fingerprint density at radius 1 is 1.64 bits per heavy atom. The van der Waals surface area contributed by atoms with Gasteiger partial charge in [0.25, 0.3) is 5.78 Å². The van der Waals surface area contributed by atoms with E-state index in [0.717, 1.165) is 5.16 Å². The zero-order chi connectivity index (χ0) is 7.68. The Morgan fingerprint density at radius 3 is 3.27 bits per heavy atom. The van der Waals surface area contributed by atoms with E-state index in [0.29, 0.717) is 5.78 Å². The topological polar surface area (TPSA) is 43.1 Å². The summed E-state index contributed by atoms with van der Waals surface area (Å²) in [6.07, 6.45) is 6.45. The van der Waals surface area contributed by atoms with Gasteiger partial charge in [0, 0.05) is 6.20 Å². The summed E-state index contributed by atoms with van der Waals surface area (Å²) >= 11 is 1.49. The van der Waals surface area contributed by atoms with Crippen molar-refractivity contribution in [3.8, 4) is 0 Å². The van der Waals surface area contributed by atoms with Crippen LogP contribution in [0.4, 0.5) is 0 Å². The van der Waals surface area contributed by atoms with Gasteiger partial charge in [0.05, 0.1) is 6.20 Å². The molecule has 0 saturated carbocycles. The minimum absolute atomic E-state index is 0.594. The Hall–Kier alpha value is -1.10. The van der Waals surface area contributed by atoms with Crippen LogP contribution in [0, 0.1) is 6.20 Å². The lowest BCUT2D eigenvalue weighted by Gasteiger charge is -1.82. The highest BCUT2D eigenvalue weighted by Gasteiger charge is 2.00. The fourth-order valence-electron chi connectivity index (χ4n) is 0.750. The van der Waals surface area contributed by atoms with Crippen LogP contribution in [0.15, 0.2) is 17.4 Å². The molecule has 0 fully saturated rings. The first kappa shape index (κ1) is 6.60. The second-order valence-electron chi connectivity index (χ2n) is 1.88. The number of fused-ring (bicyclic) bond motifs is 1. The molecule has 0 aliphatic rings. The summed E-state index contributed by atoms with van der Waals surface area (Å²) in [6.45, 7) is 0. The quantitative estimate of drug-likeness (QED) is 0.582. The maximum atomic E-state index is 4.10. The second-order valence-corrected chi connectivity index (χ2v) is 2.66. The number of hydrogen-bond donors (Lipinski definition) is 0. The molecule has 0 bridgehead atoms. The molecule has 0 atom stereocenters. The van der Waals surface area contributed by atoms with Gasteiger partial charge in [0.1, 0.15) is 0 Å². The zero-order valence-corrected chi connectivity index (χ0v) is 6.67. The SMILES string of the molecule is CSc1nc2ncc[c]n2n1. The lowest BCUT2D eigenvalue weighted by molar-refractivity contribution is 0.874. The molecule has 2 rings (SSSR count). The van der Waals surface area contributed by atoms with Gasteiger partial charge in [0.15, 0.2) is 0 Å². The monoisotopic (exact) mass is 165 g/mol. The van der Waals surface area contributed by atoms with E-state index in [1.807, 2.05) is 6.26 Å². The molecule has 2 heterocycles. The van der Waals surface area contributed by atoms with Crippen LogP contribution >= 0.6 is 11.8 Å². The van der Waals surface area contributed by atoms with Crippen molar-refractivity contribution in [1.82, 2.24) is 19.6 Å². The summed E-state index contributed by atoms with van der Waals surface area (Å²) in [5.41, 5.74) is 0. The molecular formula is C6H5N4S. The molecule has 0 saturated heterocycles. The zero-order valence-electron chi connectivity index (χ0n) is 5.85. The van der Waals surface area contributed by atoms with E-state index in [-0.39, 0.29) is 0 Å². The van der Waals surface area contributed by atoms with Gasteiger partial charge in [-0.25, -0.2) is 4.98 Å². The largest absolute Gasteiger partial charge is 0.253 e. The Labute approximate surface area is 67.7 Å². The first-order valence-corrected chi connectivity index (χ1v) is 4.26. The van der Waals surface area contributed by atoms with Crippen LogP contribution in [0.25, 0.3) is 5.78 Å². The van der Waals surface area contributed by atoms with Gasteiger partial charge < -0.3 is 0 Å². The molecule has 0 N–H and O–H groups in total. The van der Waals surface area contributed by atoms with Crippen molar-refractivity contribution in [2.75, 3.05) is 6.26 Å². The summed E-state index contributed by atoms with van der Waals surface area (Å²) in [7, 11) is 0. The Morgan fingerprint density at radius 2 is 2.55 bits per heavy atom. The number of nitrogens with zero attached hydrogens (tertiary/aromatic N) is 4. The number of hydrogen-bond acceptors (Lipinski definition) is 4. The highest BCUT2D eigenvalue weighted by atomic mass is 32.2. The Kier molecular flexibility index (Phi) is 1.50. The maximum Gasteiger partial charge on any atom is 0.253 e. The van der Waals surface area contributed by atoms with Crippen LogP contribution in [-0.4, -0.2) is 25.8 Å². The molecule has 1 radical (unpaired) electrons. The molecule has 11 heavy (non-hydrogen) atoms. The summed E-state index contributed by atoms with van der Waals surface area (Å²) in [5, 5.41) is 4.80. The number of thioether (sulfide) groups is 1. The molecule has 55 valence electrons. The smallest absolute Gasteiger partial charge is 0.220 e. The lowest BCUT2D eigenvalue weighted by atomic mass is 10.7. The minimum Gasteiger partial charge on any atom is -0.220 e. The summed E-state index contributed by atoms with van der Waals surface area (Å²) in [6, 6.07) is 1.70. The number of rotatable bonds is 1. The fourth-order valence-corrected chi connectivity index (χ4v) is 1.09. The average molecular weight is 165 g/mol. The molecular weight excluding hydrogens is 160 g/mol. The molecule has 0 amide bonds. The van der Waals surface area contributed by atoms with Gasteiger partial charge >= 0.3 is 0 Å². The molecule has 4 nitrogen and oxygen atoms in total. The molecule has 0 spiro atoms. The highest BCUT2D eigenvalue weighted by molar-refractivity contribution is 7.98. The van der Waals surface area contributed by atoms with E-state index >= 15 is 0 Å².